The maximum absolute atomic E-state index is 12.0. The first-order chi connectivity index (χ1) is 9.08. The molecule has 2 rings (SSSR count). The maximum atomic E-state index is 12.0. The van der Waals surface area contributed by atoms with E-state index in [4.69, 9.17) is 5.11 Å². The van der Waals surface area contributed by atoms with Gasteiger partial charge in [0, 0.05) is 15.5 Å². The van der Waals surface area contributed by atoms with Crippen molar-refractivity contribution in [1.82, 2.24) is 4.98 Å². The van der Waals surface area contributed by atoms with Crippen LogP contribution in [0.3, 0.4) is 0 Å². The number of nitrogens with one attached hydrogen (secondary N) is 1. The van der Waals surface area contributed by atoms with Gasteiger partial charge in [-0.25, -0.2) is 4.79 Å². The third-order valence-electron chi connectivity index (χ3n) is 2.36. The number of halogens is 1. The third kappa shape index (κ3) is 3.28. The summed E-state index contributed by atoms with van der Waals surface area (Å²) in [5.74, 6) is -1.72. The van der Waals surface area contributed by atoms with Gasteiger partial charge in [-0.15, -0.1) is 0 Å². The molecule has 0 radical (unpaired) electrons. The van der Waals surface area contributed by atoms with Crippen LogP contribution in [0.2, 0.25) is 0 Å². The molecular weight excluding hydrogens is 359 g/mol. The zero-order chi connectivity index (χ0) is 13.8. The van der Waals surface area contributed by atoms with Crippen molar-refractivity contribution in [3.05, 3.63) is 57.4 Å². The Morgan fingerprint density at radius 2 is 1.84 bits per heavy atom. The van der Waals surface area contributed by atoms with E-state index >= 15 is 0 Å². The van der Waals surface area contributed by atoms with Gasteiger partial charge < -0.3 is 10.4 Å². The van der Waals surface area contributed by atoms with E-state index in [9.17, 15) is 9.59 Å². The monoisotopic (exact) mass is 368 g/mol. The van der Waals surface area contributed by atoms with Crippen molar-refractivity contribution in [2.24, 2.45) is 0 Å². The minimum atomic E-state index is -1.18. The lowest BCUT2D eigenvalue weighted by atomic mass is 10.2. The average Bonchev–Trinajstić information content (AvgIpc) is 2.41. The molecule has 0 aliphatic heterocycles. The second kappa shape index (κ2) is 5.79. The lowest BCUT2D eigenvalue weighted by Crippen LogP contribution is -2.18. The molecule has 2 aromatic rings. The largest absolute Gasteiger partial charge is 0.478 e. The van der Waals surface area contributed by atoms with Crippen molar-refractivity contribution in [3.8, 4) is 0 Å². The summed E-state index contributed by atoms with van der Waals surface area (Å²) < 4.78 is 1.04. The van der Waals surface area contributed by atoms with Gasteiger partial charge in [0.05, 0.1) is 5.56 Å². The van der Waals surface area contributed by atoms with Crippen LogP contribution in [0, 0.1) is 3.57 Å². The summed E-state index contributed by atoms with van der Waals surface area (Å²) in [5, 5.41) is 11.6. The molecular formula is C13H9IN2O3. The van der Waals surface area contributed by atoms with Gasteiger partial charge in [-0.05, 0) is 59.0 Å². The number of hydrogen-bond donors (Lipinski definition) is 2. The molecule has 1 aromatic heterocycles. The van der Waals surface area contributed by atoms with Crippen LogP contribution in [0.1, 0.15) is 20.8 Å². The van der Waals surface area contributed by atoms with Gasteiger partial charge >= 0.3 is 5.97 Å². The Balaban J connectivity index is 2.25. The van der Waals surface area contributed by atoms with Gasteiger partial charge in [0.25, 0.3) is 5.91 Å². The molecule has 0 bridgehead atoms. The minimum Gasteiger partial charge on any atom is -0.478 e. The second-order valence-corrected chi connectivity index (χ2v) is 4.91. The molecule has 0 aliphatic carbocycles. The molecule has 1 heterocycles. The predicted molar refractivity (Wildman–Crippen MR) is 78.3 cm³/mol. The summed E-state index contributed by atoms with van der Waals surface area (Å²) in [4.78, 5) is 26.8. The Labute approximate surface area is 122 Å². The number of carbonyl (C=O) groups is 2. The van der Waals surface area contributed by atoms with Crippen molar-refractivity contribution < 1.29 is 14.7 Å². The SMILES string of the molecule is O=C(O)c1cccnc1C(=O)Nc1ccc(I)cc1. The first-order valence-corrected chi connectivity index (χ1v) is 6.41. The average molecular weight is 368 g/mol. The molecule has 0 atom stereocenters. The minimum absolute atomic E-state index is 0.103. The Hall–Kier alpha value is -1.96. The van der Waals surface area contributed by atoms with Gasteiger partial charge in [-0.3, -0.25) is 9.78 Å². The van der Waals surface area contributed by atoms with Gasteiger partial charge in [-0.1, -0.05) is 0 Å². The van der Waals surface area contributed by atoms with Gasteiger partial charge in [0.15, 0.2) is 0 Å². The van der Waals surface area contributed by atoms with Crippen molar-refractivity contribution >= 4 is 40.2 Å². The van der Waals surface area contributed by atoms with E-state index in [-0.39, 0.29) is 11.3 Å². The van der Waals surface area contributed by atoms with Crippen LogP contribution in [0.15, 0.2) is 42.6 Å². The fraction of sp³-hybridized carbons (Fsp3) is 0. The predicted octanol–water partition coefficient (Wildman–Crippen LogP) is 2.64. The van der Waals surface area contributed by atoms with Crippen LogP contribution < -0.4 is 5.32 Å². The second-order valence-electron chi connectivity index (χ2n) is 3.67. The number of carboxylic acid groups (broad SMARTS) is 1. The van der Waals surface area contributed by atoms with E-state index in [1.54, 1.807) is 12.1 Å². The normalized spacial score (nSPS) is 9.95. The van der Waals surface area contributed by atoms with Gasteiger partial charge in [-0.2, -0.15) is 0 Å². The summed E-state index contributed by atoms with van der Waals surface area (Å²) in [6, 6.07) is 9.98. The molecule has 0 spiro atoms. The topological polar surface area (TPSA) is 79.3 Å². The Kier molecular flexibility index (Phi) is 4.10. The molecule has 19 heavy (non-hydrogen) atoms. The number of nitrogens with zero attached hydrogens (tertiary/aromatic N) is 1. The van der Waals surface area contributed by atoms with Crippen molar-refractivity contribution in [3.63, 3.8) is 0 Å². The number of anilines is 1. The van der Waals surface area contributed by atoms with E-state index < -0.39 is 11.9 Å². The van der Waals surface area contributed by atoms with Crippen molar-refractivity contribution in [2.75, 3.05) is 5.32 Å². The Morgan fingerprint density at radius 1 is 1.16 bits per heavy atom. The molecule has 1 amide bonds. The van der Waals surface area contributed by atoms with Crippen LogP contribution in [-0.2, 0) is 0 Å². The molecule has 0 unspecified atom stereocenters. The van der Waals surface area contributed by atoms with Crippen LogP contribution in [0.4, 0.5) is 5.69 Å². The van der Waals surface area contributed by atoms with Crippen LogP contribution in [0.5, 0.6) is 0 Å². The number of aromatic nitrogens is 1. The number of hydrogen-bond acceptors (Lipinski definition) is 3. The van der Waals surface area contributed by atoms with Crippen LogP contribution in [-0.4, -0.2) is 22.0 Å². The molecule has 96 valence electrons. The van der Waals surface area contributed by atoms with Gasteiger partial charge in [0.2, 0.25) is 0 Å². The fourth-order valence-corrected chi connectivity index (χ4v) is 1.84. The van der Waals surface area contributed by atoms with Crippen molar-refractivity contribution in [1.29, 1.82) is 0 Å². The maximum Gasteiger partial charge on any atom is 0.338 e. The lowest BCUT2D eigenvalue weighted by Gasteiger charge is -2.06. The highest BCUT2D eigenvalue weighted by atomic mass is 127. The Morgan fingerprint density at radius 3 is 2.47 bits per heavy atom. The summed E-state index contributed by atoms with van der Waals surface area (Å²) in [6.07, 6.45) is 1.38. The number of carbonyl (C=O) groups excluding carboxylic acids is 1. The first-order valence-electron chi connectivity index (χ1n) is 5.33. The summed E-state index contributed by atoms with van der Waals surface area (Å²) in [7, 11) is 0. The molecule has 1 aromatic carbocycles. The number of amides is 1. The smallest absolute Gasteiger partial charge is 0.338 e. The molecule has 6 heteroatoms. The summed E-state index contributed by atoms with van der Waals surface area (Å²) in [6.45, 7) is 0. The molecule has 0 saturated heterocycles. The quantitative estimate of drug-likeness (QED) is 0.817. The van der Waals surface area contributed by atoms with Crippen LogP contribution in [0.25, 0.3) is 0 Å². The first kappa shape index (κ1) is 13.5. The molecule has 2 N–H and O–H groups in total. The van der Waals surface area contributed by atoms with E-state index in [2.05, 4.69) is 32.9 Å². The van der Waals surface area contributed by atoms with E-state index in [0.717, 1.165) is 3.57 Å². The highest BCUT2D eigenvalue weighted by molar-refractivity contribution is 14.1. The lowest BCUT2D eigenvalue weighted by molar-refractivity contribution is 0.0691. The highest BCUT2D eigenvalue weighted by Crippen LogP contribution is 2.13. The van der Waals surface area contributed by atoms with Crippen molar-refractivity contribution in [2.45, 2.75) is 0 Å². The highest BCUT2D eigenvalue weighted by Gasteiger charge is 2.17. The third-order valence-corrected chi connectivity index (χ3v) is 3.07. The number of pyridine rings is 1. The standard InChI is InChI=1S/C13H9IN2O3/c14-8-3-5-9(6-4-8)16-12(17)11-10(13(18)19)2-1-7-15-11/h1-7H,(H,16,17)(H,18,19). The summed E-state index contributed by atoms with van der Waals surface area (Å²) in [5.41, 5.74) is 0.367. The number of carboxylic acids is 1. The summed E-state index contributed by atoms with van der Waals surface area (Å²) >= 11 is 2.15. The molecule has 0 aliphatic rings. The molecule has 5 nitrogen and oxygen atoms in total. The Bertz CT molecular complexity index is 626. The van der Waals surface area contributed by atoms with Gasteiger partial charge in [0.1, 0.15) is 5.69 Å². The fourth-order valence-electron chi connectivity index (χ4n) is 1.48. The van der Waals surface area contributed by atoms with Crippen LogP contribution >= 0.6 is 22.6 Å². The number of benzene rings is 1. The molecule has 0 saturated carbocycles. The zero-order valence-corrected chi connectivity index (χ0v) is 11.8. The van der Waals surface area contributed by atoms with E-state index in [1.807, 2.05) is 12.1 Å². The number of rotatable bonds is 3. The number of aromatic carboxylic acids is 1. The molecule has 0 fully saturated rings. The zero-order valence-electron chi connectivity index (χ0n) is 9.63. The van der Waals surface area contributed by atoms with E-state index in [0.29, 0.717) is 5.69 Å². The van der Waals surface area contributed by atoms with E-state index in [1.165, 1.54) is 18.3 Å².